The van der Waals surface area contributed by atoms with Gasteiger partial charge in [0.15, 0.2) is 0 Å². The molecule has 0 aromatic rings. The van der Waals surface area contributed by atoms with E-state index in [4.69, 9.17) is 5.73 Å². The number of aliphatic carboxylic acids is 1. The number of thioether (sulfide) groups is 1. The molecular formula is C4H6N2O2S. The second-order valence-corrected chi connectivity index (χ2v) is 2.75. The van der Waals surface area contributed by atoms with E-state index in [0.29, 0.717) is 10.9 Å². The van der Waals surface area contributed by atoms with E-state index in [1.807, 2.05) is 0 Å². The smallest absolute Gasteiger partial charge is 0.302 e. The number of amidine groups is 1. The van der Waals surface area contributed by atoms with Gasteiger partial charge in [0.2, 0.25) is 0 Å². The molecule has 0 spiro atoms. The van der Waals surface area contributed by atoms with Crippen molar-refractivity contribution in [2.24, 2.45) is 5.73 Å². The van der Waals surface area contributed by atoms with E-state index in [2.05, 4.69) is 4.99 Å². The Hall–Kier alpha value is -0.710. The van der Waals surface area contributed by atoms with Gasteiger partial charge in [0, 0.05) is 0 Å². The van der Waals surface area contributed by atoms with Crippen molar-refractivity contribution in [2.45, 2.75) is 6.04 Å². The summed E-state index contributed by atoms with van der Waals surface area (Å²) in [6, 6.07) is -0.602. The highest BCUT2D eigenvalue weighted by Crippen LogP contribution is 2.00. The first-order chi connectivity index (χ1) is 4.20. The standard InChI is InChI=1S/C4H6N2O2S/c5-4-6-2(1-9-4)3(7)8/h2H,1H2,(H2,5,6)(H,7,8)/t2-/m1/s1. The third-order valence-corrected chi connectivity index (χ3v) is 1.94. The average Bonchev–Trinajstić information content (AvgIpc) is 2.14. The molecule has 50 valence electrons. The highest BCUT2D eigenvalue weighted by atomic mass is 32.2. The van der Waals surface area contributed by atoms with Crippen LogP contribution in [-0.4, -0.2) is 22.9 Å². The normalized spacial score (nSPS) is 25.8. The van der Waals surface area contributed by atoms with Gasteiger partial charge >= 0.3 is 5.17 Å². The number of rotatable bonds is 1. The molecule has 0 aromatic carbocycles. The van der Waals surface area contributed by atoms with Crippen LogP contribution in [0.2, 0.25) is 0 Å². The fraction of sp³-hybridized carbons (Fsp3) is 0.500. The zero-order chi connectivity index (χ0) is 6.85. The summed E-state index contributed by atoms with van der Waals surface area (Å²) >= 11 is 1.30. The number of carboxylic acids is 1. The predicted octanol–water partition coefficient (Wildman–Crippen LogP) is -3.75. The minimum atomic E-state index is -1.09. The Morgan fingerprint density at radius 3 is 2.89 bits per heavy atom. The second-order valence-electron chi connectivity index (χ2n) is 1.69. The third kappa shape index (κ3) is 1.35. The van der Waals surface area contributed by atoms with E-state index in [1.54, 1.807) is 0 Å². The zero-order valence-electron chi connectivity index (χ0n) is 4.59. The van der Waals surface area contributed by atoms with E-state index in [9.17, 15) is 9.90 Å². The van der Waals surface area contributed by atoms with Gasteiger partial charge in [-0.2, -0.15) is 0 Å². The summed E-state index contributed by atoms with van der Waals surface area (Å²) in [6.07, 6.45) is 0. The van der Waals surface area contributed by atoms with Gasteiger partial charge in [0.25, 0.3) is 0 Å². The molecule has 1 atom stereocenters. The van der Waals surface area contributed by atoms with Gasteiger partial charge in [-0.3, -0.25) is 10.7 Å². The number of carboxylic acid groups (broad SMARTS) is 1. The number of nitrogens with one attached hydrogen (secondary N) is 1. The number of nitrogens with two attached hydrogens (primary N) is 1. The molecular weight excluding hydrogens is 140 g/mol. The molecule has 1 rings (SSSR count). The van der Waals surface area contributed by atoms with Crippen molar-refractivity contribution in [3.8, 4) is 0 Å². The monoisotopic (exact) mass is 146 g/mol. The van der Waals surface area contributed by atoms with Crippen molar-refractivity contribution in [1.82, 2.24) is 0 Å². The van der Waals surface area contributed by atoms with Gasteiger partial charge in [-0.25, -0.2) is 0 Å². The zero-order valence-corrected chi connectivity index (χ0v) is 5.40. The van der Waals surface area contributed by atoms with E-state index < -0.39 is 12.0 Å². The van der Waals surface area contributed by atoms with Crippen molar-refractivity contribution >= 4 is 22.9 Å². The van der Waals surface area contributed by atoms with Gasteiger partial charge in [-0.1, -0.05) is 0 Å². The molecule has 0 saturated carbocycles. The van der Waals surface area contributed by atoms with Gasteiger partial charge in [-0.15, -0.1) is 0 Å². The maximum Gasteiger partial charge on any atom is 0.302 e. The Labute approximate surface area is 56.1 Å². The van der Waals surface area contributed by atoms with Crippen LogP contribution in [0.3, 0.4) is 0 Å². The van der Waals surface area contributed by atoms with Crippen LogP contribution < -0.4 is 15.8 Å². The first-order valence-corrected chi connectivity index (χ1v) is 3.41. The van der Waals surface area contributed by atoms with Crippen molar-refractivity contribution in [3.05, 3.63) is 0 Å². The summed E-state index contributed by atoms with van der Waals surface area (Å²) < 4.78 is 0. The largest absolute Gasteiger partial charge is 0.546 e. The van der Waals surface area contributed by atoms with Gasteiger partial charge in [0.1, 0.15) is 6.04 Å². The van der Waals surface area contributed by atoms with Crippen LogP contribution >= 0.6 is 11.8 Å². The van der Waals surface area contributed by atoms with Crippen molar-refractivity contribution in [1.29, 1.82) is 0 Å². The molecule has 1 aliphatic rings. The second kappa shape index (κ2) is 2.26. The van der Waals surface area contributed by atoms with E-state index >= 15 is 0 Å². The maximum atomic E-state index is 10.1. The van der Waals surface area contributed by atoms with Crippen LogP contribution in [0.25, 0.3) is 0 Å². The molecule has 1 aliphatic heterocycles. The Bertz CT molecular complexity index is 168. The molecule has 0 unspecified atom stereocenters. The van der Waals surface area contributed by atoms with Crippen LogP contribution in [0.15, 0.2) is 0 Å². The predicted molar refractivity (Wildman–Crippen MR) is 31.4 cm³/mol. The summed E-state index contributed by atoms with van der Waals surface area (Å²) in [5, 5.41) is 10.6. The Kier molecular flexibility index (Phi) is 1.61. The lowest BCUT2D eigenvalue weighted by atomic mass is 10.4. The van der Waals surface area contributed by atoms with Crippen molar-refractivity contribution in [3.63, 3.8) is 0 Å². The lowest BCUT2D eigenvalue weighted by molar-refractivity contribution is -0.495. The summed E-state index contributed by atoms with van der Waals surface area (Å²) in [7, 11) is 0. The lowest BCUT2D eigenvalue weighted by Gasteiger charge is -2.01. The topological polar surface area (TPSA) is 80.1 Å². The molecule has 4 nitrogen and oxygen atoms in total. The number of carbonyl (C=O) groups is 1. The third-order valence-electron chi connectivity index (χ3n) is 1.01. The Balaban J connectivity index is 2.57. The highest BCUT2D eigenvalue weighted by Gasteiger charge is 2.20. The first-order valence-electron chi connectivity index (χ1n) is 2.43. The van der Waals surface area contributed by atoms with Crippen LogP contribution in [-0.2, 0) is 4.79 Å². The summed E-state index contributed by atoms with van der Waals surface area (Å²) in [5.74, 6) is -0.628. The van der Waals surface area contributed by atoms with Crippen LogP contribution in [0, 0.1) is 0 Å². The fourth-order valence-electron chi connectivity index (χ4n) is 0.555. The number of hydrogen-bond donors (Lipinski definition) is 2. The summed E-state index contributed by atoms with van der Waals surface area (Å²) in [5.41, 5.74) is 5.24. The van der Waals surface area contributed by atoms with Crippen molar-refractivity contribution < 1.29 is 14.9 Å². The van der Waals surface area contributed by atoms with Gasteiger partial charge in [-0.05, 0) is 11.8 Å². The summed E-state index contributed by atoms with van der Waals surface area (Å²) in [6.45, 7) is 0. The first kappa shape index (κ1) is 6.41. The molecule has 0 saturated heterocycles. The minimum Gasteiger partial charge on any atom is -0.546 e. The summed E-state index contributed by atoms with van der Waals surface area (Å²) in [4.78, 5) is 12.6. The van der Waals surface area contributed by atoms with Crippen LogP contribution in [0.1, 0.15) is 0 Å². The molecule has 0 amide bonds. The Morgan fingerprint density at radius 1 is 2.00 bits per heavy atom. The molecule has 0 aromatic heterocycles. The molecule has 0 bridgehead atoms. The van der Waals surface area contributed by atoms with Crippen LogP contribution in [0.4, 0.5) is 0 Å². The SMILES string of the molecule is NC1=[NH+][C@@H](C(=O)[O-])CS1. The number of hydrogen-bond acceptors (Lipinski definition) is 4. The average molecular weight is 146 g/mol. The molecule has 0 aliphatic carbocycles. The minimum absolute atomic E-state index is 0.462. The number of carbonyl (C=O) groups excluding carboxylic acids is 1. The van der Waals surface area contributed by atoms with Crippen molar-refractivity contribution in [2.75, 3.05) is 5.75 Å². The van der Waals surface area contributed by atoms with Gasteiger partial charge in [0.05, 0.1) is 11.7 Å². The van der Waals surface area contributed by atoms with E-state index in [-0.39, 0.29) is 0 Å². The Morgan fingerprint density at radius 2 is 2.67 bits per heavy atom. The van der Waals surface area contributed by atoms with Crippen LogP contribution in [0.5, 0.6) is 0 Å². The fourth-order valence-corrected chi connectivity index (χ4v) is 1.35. The lowest BCUT2D eigenvalue weighted by Crippen LogP contribution is -2.82. The maximum absolute atomic E-state index is 10.1. The molecule has 0 radical (unpaired) electrons. The van der Waals surface area contributed by atoms with E-state index in [0.717, 1.165) is 0 Å². The molecule has 1 heterocycles. The molecule has 9 heavy (non-hydrogen) atoms. The quantitative estimate of drug-likeness (QED) is 0.398. The highest BCUT2D eigenvalue weighted by molar-refractivity contribution is 8.13. The van der Waals surface area contributed by atoms with Gasteiger partial charge < -0.3 is 9.90 Å². The van der Waals surface area contributed by atoms with E-state index in [1.165, 1.54) is 11.8 Å². The molecule has 0 fully saturated rings. The molecule has 3 N–H and O–H groups in total. The molecule has 5 heteroatoms.